The number of allylic oxidation sites excluding steroid dienone is 1. The predicted molar refractivity (Wildman–Crippen MR) is 128 cm³/mol. The van der Waals surface area contributed by atoms with Crippen LogP contribution < -0.4 is 10.2 Å². The van der Waals surface area contributed by atoms with E-state index in [0.717, 1.165) is 42.2 Å². The lowest BCUT2D eigenvalue weighted by Crippen LogP contribution is -2.30. The molecule has 3 nitrogen and oxygen atoms in total. The highest BCUT2D eigenvalue weighted by Gasteiger charge is 2.34. The van der Waals surface area contributed by atoms with Crippen molar-refractivity contribution in [3.8, 4) is 0 Å². The summed E-state index contributed by atoms with van der Waals surface area (Å²) in [6, 6.07) is 13.4. The van der Waals surface area contributed by atoms with E-state index in [-0.39, 0.29) is 11.8 Å². The molecular formula is C25H28Cl2N2O. The van der Waals surface area contributed by atoms with Crippen LogP contribution in [0.25, 0.3) is 5.57 Å². The zero-order valence-corrected chi connectivity index (χ0v) is 19.1. The largest absolute Gasteiger partial charge is 0.388 e. The third kappa shape index (κ3) is 5.27. The molecule has 0 spiro atoms. The number of anilines is 1. The summed E-state index contributed by atoms with van der Waals surface area (Å²) in [7, 11) is 0. The van der Waals surface area contributed by atoms with Gasteiger partial charge in [0.1, 0.15) is 0 Å². The number of hydrogen-bond acceptors (Lipinski definition) is 2. The van der Waals surface area contributed by atoms with Crippen LogP contribution in [0, 0.1) is 12.8 Å². The van der Waals surface area contributed by atoms with Gasteiger partial charge in [0.15, 0.2) is 0 Å². The number of hydrogen-bond donors (Lipinski definition) is 1. The molecule has 0 aromatic heterocycles. The monoisotopic (exact) mass is 442 g/mol. The van der Waals surface area contributed by atoms with Gasteiger partial charge in [-0.05, 0) is 73.2 Å². The second kappa shape index (κ2) is 10.2. The third-order valence-corrected chi connectivity index (χ3v) is 5.96. The maximum atomic E-state index is 12.9. The molecule has 1 heterocycles. The molecule has 0 saturated carbocycles. The Morgan fingerprint density at radius 1 is 1.23 bits per heavy atom. The fourth-order valence-corrected chi connectivity index (χ4v) is 4.27. The van der Waals surface area contributed by atoms with Gasteiger partial charge in [0.25, 0.3) is 0 Å². The van der Waals surface area contributed by atoms with Crippen LogP contribution in [-0.4, -0.2) is 19.0 Å². The van der Waals surface area contributed by atoms with Crippen molar-refractivity contribution in [3.63, 3.8) is 0 Å². The van der Waals surface area contributed by atoms with Gasteiger partial charge < -0.3 is 10.2 Å². The van der Waals surface area contributed by atoms with Crippen LogP contribution >= 0.6 is 23.2 Å². The molecule has 1 unspecified atom stereocenters. The summed E-state index contributed by atoms with van der Waals surface area (Å²) in [6.45, 7) is 9.78. The molecule has 2 aromatic carbocycles. The Morgan fingerprint density at radius 2 is 2.00 bits per heavy atom. The number of rotatable bonds is 8. The minimum atomic E-state index is -0.213. The quantitative estimate of drug-likeness (QED) is 0.496. The number of nitrogens with zero attached hydrogens (tertiary/aromatic N) is 1. The summed E-state index contributed by atoms with van der Waals surface area (Å²) in [4.78, 5) is 14.7. The molecule has 0 bridgehead atoms. The maximum absolute atomic E-state index is 12.9. The van der Waals surface area contributed by atoms with Crippen molar-refractivity contribution in [2.24, 2.45) is 5.92 Å². The lowest BCUT2D eigenvalue weighted by atomic mass is 9.97. The van der Waals surface area contributed by atoms with Crippen molar-refractivity contribution in [1.82, 2.24) is 5.32 Å². The standard InChI is InChI=1S/C25H28Cl2N2O/c1-4-6-19(24-16-21(27)10-9-17(24)2)11-13-28-18(3)23-12-14-29(25(23)30)22-8-5-7-20(26)15-22/h5-10,15-16,23,28H,3-4,11-14H2,1-2H3/b19-6-. The average Bonchev–Trinajstić information content (AvgIpc) is 3.10. The minimum absolute atomic E-state index is 0.0739. The summed E-state index contributed by atoms with van der Waals surface area (Å²) >= 11 is 12.3. The SMILES string of the molecule is C=C(NCC/C(=C/CC)c1cc(Cl)ccc1C)C1CCN(c2cccc(Cl)c2)C1=O. The van der Waals surface area contributed by atoms with E-state index < -0.39 is 0 Å². The van der Waals surface area contributed by atoms with Crippen molar-refractivity contribution in [2.45, 2.75) is 33.1 Å². The number of carbonyl (C=O) groups excluding carboxylic acids is 1. The van der Waals surface area contributed by atoms with Gasteiger partial charge in [-0.15, -0.1) is 0 Å². The van der Waals surface area contributed by atoms with Crippen LogP contribution in [0.5, 0.6) is 0 Å². The first-order valence-electron chi connectivity index (χ1n) is 10.4. The van der Waals surface area contributed by atoms with Crippen LogP contribution in [0.4, 0.5) is 5.69 Å². The van der Waals surface area contributed by atoms with Gasteiger partial charge in [-0.2, -0.15) is 0 Å². The molecule has 5 heteroatoms. The van der Waals surface area contributed by atoms with E-state index >= 15 is 0 Å². The number of halogens is 2. The van der Waals surface area contributed by atoms with E-state index in [1.165, 1.54) is 16.7 Å². The molecule has 30 heavy (non-hydrogen) atoms. The first-order valence-corrected chi connectivity index (χ1v) is 11.1. The van der Waals surface area contributed by atoms with E-state index in [9.17, 15) is 4.79 Å². The van der Waals surface area contributed by atoms with Crippen LogP contribution in [0.1, 0.15) is 37.3 Å². The lowest BCUT2D eigenvalue weighted by Gasteiger charge is -2.19. The van der Waals surface area contributed by atoms with Gasteiger partial charge >= 0.3 is 0 Å². The Bertz CT molecular complexity index is 967. The number of carbonyl (C=O) groups is 1. The number of nitrogens with one attached hydrogen (secondary N) is 1. The van der Waals surface area contributed by atoms with Crippen molar-refractivity contribution in [3.05, 3.63) is 82.0 Å². The van der Waals surface area contributed by atoms with Gasteiger partial charge in [0.05, 0.1) is 5.92 Å². The van der Waals surface area contributed by atoms with E-state index in [2.05, 4.69) is 37.9 Å². The van der Waals surface area contributed by atoms with Gasteiger partial charge in [-0.1, -0.05) is 54.9 Å². The number of amides is 1. The molecule has 1 amide bonds. The van der Waals surface area contributed by atoms with Gasteiger partial charge in [0, 0.05) is 34.5 Å². The van der Waals surface area contributed by atoms with Crippen molar-refractivity contribution in [2.75, 3.05) is 18.0 Å². The van der Waals surface area contributed by atoms with E-state index in [4.69, 9.17) is 23.2 Å². The fraction of sp³-hybridized carbons (Fsp3) is 0.320. The van der Waals surface area contributed by atoms with Gasteiger partial charge in [-0.3, -0.25) is 4.79 Å². The van der Waals surface area contributed by atoms with Crippen LogP contribution in [0.2, 0.25) is 10.0 Å². The smallest absolute Gasteiger partial charge is 0.236 e. The fourth-order valence-electron chi connectivity index (χ4n) is 3.92. The highest BCUT2D eigenvalue weighted by molar-refractivity contribution is 6.31. The maximum Gasteiger partial charge on any atom is 0.236 e. The lowest BCUT2D eigenvalue weighted by molar-refractivity contribution is -0.119. The van der Waals surface area contributed by atoms with E-state index in [0.29, 0.717) is 11.6 Å². The molecule has 1 atom stereocenters. The molecule has 2 aromatic rings. The van der Waals surface area contributed by atoms with Gasteiger partial charge in [0.2, 0.25) is 5.91 Å². The molecular weight excluding hydrogens is 415 g/mol. The molecule has 1 N–H and O–H groups in total. The van der Waals surface area contributed by atoms with Crippen LogP contribution in [0.3, 0.4) is 0 Å². The zero-order chi connectivity index (χ0) is 21.7. The molecule has 158 valence electrons. The molecule has 0 radical (unpaired) electrons. The first-order chi connectivity index (χ1) is 14.4. The van der Waals surface area contributed by atoms with E-state index in [1.807, 2.05) is 36.4 Å². The Morgan fingerprint density at radius 3 is 2.73 bits per heavy atom. The van der Waals surface area contributed by atoms with Crippen LogP contribution in [-0.2, 0) is 4.79 Å². The average molecular weight is 443 g/mol. The van der Waals surface area contributed by atoms with E-state index in [1.54, 1.807) is 4.90 Å². The summed E-state index contributed by atoms with van der Waals surface area (Å²) in [5.74, 6) is -0.139. The third-order valence-electron chi connectivity index (χ3n) is 5.49. The summed E-state index contributed by atoms with van der Waals surface area (Å²) in [6.07, 6.45) is 4.79. The summed E-state index contributed by atoms with van der Waals surface area (Å²) in [5.41, 5.74) is 5.27. The Hall–Kier alpha value is -2.23. The highest BCUT2D eigenvalue weighted by atomic mass is 35.5. The van der Waals surface area contributed by atoms with Crippen molar-refractivity contribution >= 4 is 40.4 Å². The highest BCUT2D eigenvalue weighted by Crippen LogP contribution is 2.30. The Kier molecular flexibility index (Phi) is 7.63. The molecule has 1 aliphatic rings. The first kappa shape index (κ1) is 22.5. The second-order valence-electron chi connectivity index (χ2n) is 7.61. The number of aryl methyl sites for hydroxylation is 1. The molecule has 0 aliphatic carbocycles. The summed E-state index contributed by atoms with van der Waals surface area (Å²) in [5, 5.41) is 4.76. The Balaban J connectivity index is 1.60. The molecule has 1 saturated heterocycles. The van der Waals surface area contributed by atoms with Crippen LogP contribution in [0.15, 0.2) is 60.8 Å². The Labute approximate surface area is 189 Å². The normalized spacial score (nSPS) is 16.8. The summed E-state index contributed by atoms with van der Waals surface area (Å²) < 4.78 is 0. The van der Waals surface area contributed by atoms with Crippen molar-refractivity contribution in [1.29, 1.82) is 0 Å². The topological polar surface area (TPSA) is 32.3 Å². The van der Waals surface area contributed by atoms with Gasteiger partial charge in [-0.25, -0.2) is 0 Å². The number of benzene rings is 2. The predicted octanol–water partition coefficient (Wildman–Crippen LogP) is 6.64. The zero-order valence-electron chi connectivity index (χ0n) is 17.6. The minimum Gasteiger partial charge on any atom is -0.388 e. The second-order valence-corrected chi connectivity index (χ2v) is 8.48. The molecule has 1 fully saturated rings. The molecule has 1 aliphatic heterocycles. The molecule has 3 rings (SSSR count). The van der Waals surface area contributed by atoms with Crippen molar-refractivity contribution < 1.29 is 4.79 Å².